The minimum Gasteiger partial charge on any atom is -0.495 e. The van der Waals surface area contributed by atoms with Crippen LogP contribution in [0.25, 0.3) is 0 Å². The molecule has 2 rings (SSSR count). The molecule has 1 aromatic carbocycles. The highest BCUT2D eigenvalue weighted by Gasteiger charge is 2.38. The van der Waals surface area contributed by atoms with E-state index in [9.17, 15) is 13.2 Å². The molecule has 92 valence electrons. The van der Waals surface area contributed by atoms with Crippen molar-refractivity contribution in [2.75, 3.05) is 7.11 Å². The monoisotopic (exact) mass is 254 g/mol. The van der Waals surface area contributed by atoms with Crippen molar-refractivity contribution in [1.29, 1.82) is 0 Å². The van der Waals surface area contributed by atoms with E-state index < -0.39 is 15.1 Å². The highest BCUT2D eigenvalue weighted by Crippen LogP contribution is 2.32. The lowest BCUT2D eigenvalue weighted by Crippen LogP contribution is -2.25. The highest BCUT2D eigenvalue weighted by molar-refractivity contribution is 7.93. The smallest absolute Gasteiger partial charge is 0.191 e. The molecule has 0 bridgehead atoms. The van der Waals surface area contributed by atoms with Crippen LogP contribution in [0.4, 0.5) is 0 Å². The molecule has 1 saturated carbocycles. The number of carbonyl (C=O) groups is 1. The first-order valence-corrected chi connectivity index (χ1v) is 7.01. The number of sulfone groups is 1. The summed E-state index contributed by atoms with van der Waals surface area (Å²) in [6.45, 7) is 0. The molecule has 1 fully saturated rings. The molecular weight excluding hydrogens is 240 g/mol. The molecule has 0 radical (unpaired) electrons. The second-order valence-electron chi connectivity index (χ2n) is 4.04. The molecule has 0 spiro atoms. The zero-order valence-electron chi connectivity index (χ0n) is 9.55. The SMILES string of the molecule is COc1ccccc1S(=O)(=O)C1CCCC1=O. The molecule has 1 aliphatic rings. The third-order valence-corrected chi connectivity index (χ3v) is 5.20. The normalized spacial score (nSPS) is 20.5. The van der Waals surface area contributed by atoms with Gasteiger partial charge in [-0.3, -0.25) is 4.79 Å². The first kappa shape index (κ1) is 12.1. The molecule has 0 aromatic heterocycles. The van der Waals surface area contributed by atoms with Gasteiger partial charge in [0.1, 0.15) is 15.9 Å². The van der Waals surface area contributed by atoms with Gasteiger partial charge in [-0.05, 0) is 25.0 Å². The van der Waals surface area contributed by atoms with Crippen LogP contribution in [0, 0.1) is 0 Å². The van der Waals surface area contributed by atoms with Gasteiger partial charge in [0.15, 0.2) is 15.6 Å². The molecule has 5 heteroatoms. The molecule has 0 N–H and O–H groups in total. The van der Waals surface area contributed by atoms with Crippen molar-refractivity contribution in [3.63, 3.8) is 0 Å². The second-order valence-corrected chi connectivity index (χ2v) is 6.14. The molecule has 0 aliphatic heterocycles. The van der Waals surface area contributed by atoms with E-state index >= 15 is 0 Å². The minimum absolute atomic E-state index is 0.114. The summed E-state index contributed by atoms with van der Waals surface area (Å²) >= 11 is 0. The summed E-state index contributed by atoms with van der Waals surface area (Å²) in [6.07, 6.45) is 1.43. The number of hydrogen-bond acceptors (Lipinski definition) is 4. The van der Waals surface area contributed by atoms with Crippen molar-refractivity contribution in [2.24, 2.45) is 0 Å². The van der Waals surface area contributed by atoms with E-state index in [1.165, 1.54) is 13.2 Å². The van der Waals surface area contributed by atoms with Crippen LogP contribution < -0.4 is 4.74 Å². The number of rotatable bonds is 3. The van der Waals surface area contributed by atoms with Gasteiger partial charge in [0.05, 0.1) is 7.11 Å². The number of hydrogen-bond donors (Lipinski definition) is 0. The van der Waals surface area contributed by atoms with Crippen molar-refractivity contribution < 1.29 is 17.9 Å². The number of para-hydroxylation sites is 1. The fourth-order valence-corrected chi connectivity index (χ4v) is 4.07. The quantitative estimate of drug-likeness (QED) is 0.821. The maximum Gasteiger partial charge on any atom is 0.191 e. The first-order chi connectivity index (χ1) is 8.07. The van der Waals surface area contributed by atoms with Crippen molar-refractivity contribution in [3.8, 4) is 5.75 Å². The number of benzene rings is 1. The van der Waals surface area contributed by atoms with Crippen LogP contribution in [-0.2, 0) is 14.6 Å². The summed E-state index contributed by atoms with van der Waals surface area (Å²) in [5.41, 5.74) is 0. The molecule has 1 aromatic rings. The van der Waals surface area contributed by atoms with Gasteiger partial charge in [0.2, 0.25) is 0 Å². The Balaban J connectivity index is 2.48. The molecule has 0 saturated heterocycles. The average Bonchev–Trinajstić information content (AvgIpc) is 2.76. The Hall–Kier alpha value is -1.36. The third kappa shape index (κ3) is 2.07. The van der Waals surface area contributed by atoms with E-state index in [2.05, 4.69) is 0 Å². The van der Waals surface area contributed by atoms with E-state index in [-0.39, 0.29) is 10.7 Å². The first-order valence-electron chi connectivity index (χ1n) is 5.47. The Morgan fingerprint density at radius 3 is 2.59 bits per heavy atom. The lowest BCUT2D eigenvalue weighted by atomic mass is 10.3. The van der Waals surface area contributed by atoms with Crippen molar-refractivity contribution in [3.05, 3.63) is 24.3 Å². The van der Waals surface area contributed by atoms with E-state index in [1.54, 1.807) is 18.2 Å². The van der Waals surface area contributed by atoms with Gasteiger partial charge in [-0.15, -0.1) is 0 Å². The summed E-state index contributed by atoms with van der Waals surface area (Å²) in [7, 11) is -2.18. The standard InChI is InChI=1S/C12H14O4S/c1-16-10-6-2-3-7-12(10)17(14,15)11-8-4-5-9(11)13/h2-3,6-7,11H,4-5,8H2,1H3. The van der Waals surface area contributed by atoms with Gasteiger partial charge >= 0.3 is 0 Å². The Bertz CT molecular complexity index is 533. The van der Waals surface area contributed by atoms with Crippen LogP contribution >= 0.6 is 0 Å². The van der Waals surface area contributed by atoms with Crippen LogP contribution in [-0.4, -0.2) is 26.6 Å². The average molecular weight is 254 g/mol. The van der Waals surface area contributed by atoms with Crippen LogP contribution in [0.2, 0.25) is 0 Å². The predicted octanol–water partition coefficient (Wildman–Crippen LogP) is 1.59. The lowest BCUT2D eigenvalue weighted by Gasteiger charge is -2.13. The number of carbonyl (C=O) groups excluding carboxylic acids is 1. The summed E-state index contributed by atoms with van der Waals surface area (Å²) < 4.78 is 29.7. The van der Waals surface area contributed by atoms with Crippen LogP contribution in [0.15, 0.2) is 29.2 Å². The van der Waals surface area contributed by atoms with E-state index in [0.717, 1.165) is 0 Å². The van der Waals surface area contributed by atoms with Crippen molar-refractivity contribution >= 4 is 15.6 Å². The Morgan fingerprint density at radius 2 is 2.00 bits per heavy atom. The predicted molar refractivity (Wildman–Crippen MR) is 62.8 cm³/mol. The van der Waals surface area contributed by atoms with Gasteiger partial charge in [-0.1, -0.05) is 12.1 Å². The Labute approximate surface area is 101 Å². The highest BCUT2D eigenvalue weighted by atomic mass is 32.2. The Kier molecular flexibility index (Phi) is 3.19. The van der Waals surface area contributed by atoms with Gasteiger partial charge in [0.25, 0.3) is 0 Å². The van der Waals surface area contributed by atoms with E-state index in [1.807, 2.05) is 0 Å². The lowest BCUT2D eigenvalue weighted by molar-refractivity contribution is -0.117. The van der Waals surface area contributed by atoms with Gasteiger partial charge in [-0.2, -0.15) is 0 Å². The summed E-state index contributed by atoms with van der Waals surface area (Å²) in [5, 5.41) is -0.890. The number of methoxy groups -OCH3 is 1. The summed E-state index contributed by atoms with van der Waals surface area (Å²) in [4.78, 5) is 11.7. The van der Waals surface area contributed by atoms with E-state index in [0.29, 0.717) is 25.0 Å². The van der Waals surface area contributed by atoms with Crippen molar-refractivity contribution in [2.45, 2.75) is 29.4 Å². The zero-order valence-corrected chi connectivity index (χ0v) is 10.4. The molecule has 0 heterocycles. The topological polar surface area (TPSA) is 60.4 Å². The molecule has 17 heavy (non-hydrogen) atoms. The number of ether oxygens (including phenoxy) is 1. The molecular formula is C12H14O4S. The van der Waals surface area contributed by atoms with Gasteiger partial charge in [0, 0.05) is 6.42 Å². The van der Waals surface area contributed by atoms with Crippen LogP contribution in [0.5, 0.6) is 5.75 Å². The summed E-state index contributed by atoms with van der Waals surface area (Å²) in [6, 6.07) is 6.41. The molecule has 1 unspecified atom stereocenters. The number of ketones is 1. The maximum atomic E-state index is 12.3. The molecule has 0 amide bonds. The molecule has 1 aliphatic carbocycles. The van der Waals surface area contributed by atoms with Crippen LogP contribution in [0.1, 0.15) is 19.3 Å². The molecule has 4 nitrogen and oxygen atoms in total. The van der Waals surface area contributed by atoms with Gasteiger partial charge in [-0.25, -0.2) is 8.42 Å². The van der Waals surface area contributed by atoms with Gasteiger partial charge < -0.3 is 4.74 Å². The fourth-order valence-electron chi connectivity index (χ4n) is 2.12. The van der Waals surface area contributed by atoms with Crippen LogP contribution in [0.3, 0.4) is 0 Å². The fraction of sp³-hybridized carbons (Fsp3) is 0.417. The summed E-state index contributed by atoms with van der Waals surface area (Å²) in [5.74, 6) is 0.114. The third-order valence-electron chi connectivity index (χ3n) is 3.00. The largest absolute Gasteiger partial charge is 0.495 e. The maximum absolute atomic E-state index is 12.3. The zero-order chi connectivity index (χ0) is 12.5. The van der Waals surface area contributed by atoms with E-state index in [4.69, 9.17) is 4.74 Å². The number of Topliss-reactive ketones (excluding diaryl/α,β-unsaturated/α-hetero) is 1. The second kappa shape index (κ2) is 4.49. The minimum atomic E-state index is -3.61. The Morgan fingerprint density at radius 1 is 1.29 bits per heavy atom. The van der Waals surface area contributed by atoms with Crippen molar-refractivity contribution in [1.82, 2.24) is 0 Å². The molecule has 1 atom stereocenters.